The number of esters is 1. The van der Waals surface area contributed by atoms with Crippen LogP contribution in [0.5, 0.6) is 0 Å². The van der Waals surface area contributed by atoms with Crippen molar-refractivity contribution in [1.82, 2.24) is 0 Å². The van der Waals surface area contributed by atoms with Crippen LogP contribution in [0.4, 0.5) is 0 Å². The lowest BCUT2D eigenvalue weighted by Gasteiger charge is -1.99. The monoisotopic (exact) mass is 142 g/mol. The van der Waals surface area contributed by atoms with Crippen LogP contribution in [0, 0.1) is 0 Å². The van der Waals surface area contributed by atoms with Crippen LogP contribution in [-0.4, -0.2) is 20.4 Å². The Balaban J connectivity index is 3.05. The molecule has 0 heterocycles. The molecule has 0 aromatic rings. The van der Waals surface area contributed by atoms with Gasteiger partial charge in [0.05, 0.1) is 6.61 Å². The molecule has 0 amide bonds. The highest BCUT2D eigenvalue weighted by Crippen LogP contribution is 1.99. The zero-order chi connectivity index (χ0) is 7.82. The maximum atomic E-state index is 10.7. The Hall–Kier alpha value is -0.465. The van der Waals surface area contributed by atoms with Gasteiger partial charge >= 0.3 is 5.97 Å². The molecule has 2 nitrogen and oxygen atoms in total. The number of carbonyl (C=O) groups is 1. The summed E-state index contributed by atoms with van der Waals surface area (Å²) < 4.78 is 4.75. The molecular weight excluding hydrogens is 127 g/mol. The summed E-state index contributed by atoms with van der Waals surface area (Å²) >= 11 is 0. The molecule has 0 saturated heterocycles. The van der Waals surface area contributed by atoms with Crippen molar-refractivity contribution in [2.45, 2.75) is 32.5 Å². The van der Waals surface area contributed by atoms with E-state index >= 15 is 0 Å². The summed E-state index contributed by atoms with van der Waals surface area (Å²) in [6.07, 6.45) is 3.83. The van der Waals surface area contributed by atoms with Crippen molar-refractivity contribution < 1.29 is 9.53 Å². The third kappa shape index (κ3) is 5.67. The van der Waals surface area contributed by atoms with Crippen molar-refractivity contribution in [2.75, 3.05) is 6.61 Å². The quantitative estimate of drug-likeness (QED) is 0.322. The van der Waals surface area contributed by atoms with Gasteiger partial charge in [0.1, 0.15) is 7.85 Å². The lowest BCUT2D eigenvalue weighted by molar-refractivity contribution is -0.143. The normalized spacial score (nSPS) is 9.30. The first-order chi connectivity index (χ1) is 4.81. The van der Waals surface area contributed by atoms with E-state index in [0.29, 0.717) is 13.0 Å². The van der Waals surface area contributed by atoms with Gasteiger partial charge < -0.3 is 4.74 Å². The van der Waals surface area contributed by atoms with E-state index in [9.17, 15) is 4.79 Å². The van der Waals surface area contributed by atoms with Crippen LogP contribution in [0.2, 0.25) is 6.32 Å². The third-order valence-electron chi connectivity index (χ3n) is 1.29. The zero-order valence-corrected chi connectivity index (χ0v) is 6.85. The van der Waals surface area contributed by atoms with Gasteiger partial charge in [0, 0.05) is 6.42 Å². The summed E-state index contributed by atoms with van der Waals surface area (Å²) in [6.45, 7) is 2.34. The number of carbonyl (C=O) groups excluding carboxylic acids is 1. The molecule has 0 spiro atoms. The number of hydrogen-bond donors (Lipinski definition) is 0. The summed E-state index contributed by atoms with van der Waals surface area (Å²) in [5.41, 5.74) is 0. The van der Waals surface area contributed by atoms with Gasteiger partial charge in [0.25, 0.3) is 0 Å². The highest BCUT2D eigenvalue weighted by molar-refractivity contribution is 6.08. The van der Waals surface area contributed by atoms with E-state index in [1.807, 2.05) is 6.92 Å². The number of rotatable bonds is 5. The maximum absolute atomic E-state index is 10.7. The Bertz CT molecular complexity index is 93.6. The first-order valence-electron chi connectivity index (χ1n) is 3.96. The predicted octanol–water partition coefficient (Wildman–Crippen LogP) is 0.771. The molecular formula is C7H15BO2. The number of hydrogen-bond acceptors (Lipinski definition) is 2. The van der Waals surface area contributed by atoms with Gasteiger partial charge in [-0.15, -0.1) is 0 Å². The molecule has 0 aliphatic carbocycles. The van der Waals surface area contributed by atoms with Gasteiger partial charge in [0.2, 0.25) is 0 Å². The van der Waals surface area contributed by atoms with Gasteiger partial charge in [-0.3, -0.25) is 4.79 Å². The first-order valence-corrected chi connectivity index (χ1v) is 3.96. The molecule has 3 heteroatoms. The third-order valence-corrected chi connectivity index (χ3v) is 1.29. The van der Waals surface area contributed by atoms with E-state index in [1.165, 1.54) is 0 Å². The smallest absolute Gasteiger partial charge is 0.305 e. The molecule has 0 radical (unpaired) electrons. The highest BCUT2D eigenvalue weighted by atomic mass is 16.5. The largest absolute Gasteiger partial charge is 0.466 e. The molecule has 0 saturated carbocycles. The standard InChI is InChI=1S/C7H15BO2/c1-2-10-7(9)5-3-4-6-8/h2-6,8H2,1H3. The van der Waals surface area contributed by atoms with Gasteiger partial charge in [0.15, 0.2) is 0 Å². The van der Waals surface area contributed by atoms with Crippen LogP contribution in [0.3, 0.4) is 0 Å². The molecule has 0 rings (SSSR count). The molecule has 58 valence electrons. The van der Waals surface area contributed by atoms with Crippen LogP contribution in [0.25, 0.3) is 0 Å². The van der Waals surface area contributed by atoms with Gasteiger partial charge in [-0.2, -0.15) is 0 Å². The Morgan fingerprint density at radius 3 is 2.70 bits per heavy atom. The Kier molecular flexibility index (Phi) is 6.34. The molecule has 0 bridgehead atoms. The molecule has 0 unspecified atom stereocenters. The summed E-state index contributed by atoms with van der Waals surface area (Å²) in [5, 5.41) is 0. The van der Waals surface area contributed by atoms with Crippen LogP contribution in [0.15, 0.2) is 0 Å². The summed E-state index contributed by atoms with van der Waals surface area (Å²) in [4.78, 5) is 10.7. The zero-order valence-electron chi connectivity index (χ0n) is 6.85. The minimum atomic E-state index is -0.0593. The minimum Gasteiger partial charge on any atom is -0.466 e. The fraction of sp³-hybridized carbons (Fsp3) is 0.857. The topological polar surface area (TPSA) is 26.3 Å². The van der Waals surface area contributed by atoms with Crippen molar-refractivity contribution in [3.63, 3.8) is 0 Å². The summed E-state index contributed by atoms with van der Waals surface area (Å²) in [7, 11) is 2.12. The maximum Gasteiger partial charge on any atom is 0.305 e. The van der Waals surface area contributed by atoms with E-state index in [4.69, 9.17) is 4.74 Å². The van der Waals surface area contributed by atoms with Crippen molar-refractivity contribution >= 4 is 13.8 Å². The van der Waals surface area contributed by atoms with E-state index in [1.54, 1.807) is 0 Å². The molecule has 0 N–H and O–H groups in total. The Labute approximate surface area is 63.4 Å². The van der Waals surface area contributed by atoms with E-state index < -0.39 is 0 Å². The van der Waals surface area contributed by atoms with Crippen molar-refractivity contribution in [3.8, 4) is 0 Å². The second-order valence-corrected chi connectivity index (χ2v) is 2.26. The lowest BCUT2D eigenvalue weighted by Crippen LogP contribution is -2.02. The molecule has 0 aliphatic rings. The number of unbranched alkanes of at least 4 members (excludes halogenated alkanes) is 1. The molecule has 0 fully saturated rings. The average molecular weight is 142 g/mol. The molecule has 10 heavy (non-hydrogen) atoms. The molecule has 0 aromatic carbocycles. The Morgan fingerprint density at radius 2 is 2.20 bits per heavy atom. The van der Waals surface area contributed by atoms with Crippen molar-refractivity contribution in [1.29, 1.82) is 0 Å². The van der Waals surface area contributed by atoms with Crippen LogP contribution >= 0.6 is 0 Å². The van der Waals surface area contributed by atoms with Gasteiger partial charge in [-0.1, -0.05) is 12.7 Å². The number of ether oxygens (including phenoxy) is 1. The predicted molar refractivity (Wildman–Crippen MR) is 43.8 cm³/mol. The second kappa shape index (κ2) is 6.65. The Morgan fingerprint density at radius 1 is 1.50 bits per heavy atom. The fourth-order valence-corrected chi connectivity index (χ4v) is 0.752. The second-order valence-electron chi connectivity index (χ2n) is 2.26. The van der Waals surface area contributed by atoms with Crippen LogP contribution in [-0.2, 0) is 9.53 Å². The minimum absolute atomic E-state index is 0.0593. The molecule has 0 atom stereocenters. The average Bonchev–Trinajstić information content (AvgIpc) is 1.89. The summed E-state index contributed by atoms with van der Waals surface area (Å²) in [6, 6.07) is 0. The van der Waals surface area contributed by atoms with Crippen LogP contribution in [0.1, 0.15) is 26.2 Å². The van der Waals surface area contributed by atoms with E-state index in [2.05, 4.69) is 7.85 Å². The van der Waals surface area contributed by atoms with Crippen molar-refractivity contribution in [3.05, 3.63) is 0 Å². The fourth-order valence-electron chi connectivity index (χ4n) is 0.752. The van der Waals surface area contributed by atoms with E-state index in [-0.39, 0.29) is 5.97 Å². The van der Waals surface area contributed by atoms with E-state index in [0.717, 1.165) is 19.2 Å². The highest BCUT2D eigenvalue weighted by Gasteiger charge is 1.98. The SMILES string of the molecule is BCCCCC(=O)OCC. The summed E-state index contributed by atoms with van der Waals surface area (Å²) in [5.74, 6) is -0.0593. The van der Waals surface area contributed by atoms with Crippen LogP contribution < -0.4 is 0 Å². The first kappa shape index (κ1) is 9.53. The molecule has 0 aliphatic heterocycles. The lowest BCUT2D eigenvalue weighted by atomic mass is 10.00. The van der Waals surface area contributed by atoms with Crippen molar-refractivity contribution in [2.24, 2.45) is 0 Å². The van der Waals surface area contributed by atoms with Gasteiger partial charge in [-0.25, -0.2) is 0 Å². The van der Waals surface area contributed by atoms with Gasteiger partial charge in [-0.05, 0) is 13.3 Å². The molecule has 0 aromatic heterocycles.